The molecular weight excluding hydrogens is 292 g/mol. The van der Waals surface area contributed by atoms with Gasteiger partial charge in [-0.2, -0.15) is 0 Å². The van der Waals surface area contributed by atoms with Gasteiger partial charge in [0.1, 0.15) is 12.1 Å². The monoisotopic (exact) mass is 308 g/mol. The van der Waals surface area contributed by atoms with Gasteiger partial charge in [-0.05, 0) is 37.6 Å². The van der Waals surface area contributed by atoms with E-state index in [2.05, 4.69) is 15.6 Å². The van der Waals surface area contributed by atoms with Gasteiger partial charge in [-0.15, -0.1) is 5.10 Å². The molecule has 116 valence electrons. The van der Waals surface area contributed by atoms with Crippen molar-refractivity contribution in [3.63, 3.8) is 0 Å². The molecule has 1 N–H and O–H groups in total. The van der Waals surface area contributed by atoms with Crippen LogP contribution in [0.2, 0.25) is 0 Å². The lowest BCUT2D eigenvalue weighted by Crippen LogP contribution is -2.30. The average Bonchev–Trinajstić information content (AvgIpc) is 2.53. The lowest BCUT2D eigenvalue weighted by Gasteiger charge is -2.09. The van der Waals surface area contributed by atoms with E-state index in [1.54, 1.807) is 24.3 Å². The van der Waals surface area contributed by atoms with Crippen molar-refractivity contribution < 1.29 is 4.79 Å². The van der Waals surface area contributed by atoms with Crippen LogP contribution in [-0.2, 0) is 11.3 Å². The first-order chi connectivity index (χ1) is 11.0. The largest absolute Gasteiger partial charge is 0.324 e. The van der Waals surface area contributed by atoms with E-state index >= 15 is 0 Å². The van der Waals surface area contributed by atoms with Crippen LogP contribution in [0.25, 0.3) is 10.9 Å². The van der Waals surface area contributed by atoms with Crippen molar-refractivity contribution in [2.75, 3.05) is 5.32 Å². The number of aryl methyl sites for hydroxylation is 2. The molecule has 6 nitrogen and oxygen atoms in total. The van der Waals surface area contributed by atoms with Crippen molar-refractivity contribution in [1.82, 2.24) is 15.0 Å². The van der Waals surface area contributed by atoms with Crippen LogP contribution < -0.4 is 10.9 Å². The summed E-state index contributed by atoms with van der Waals surface area (Å²) in [7, 11) is 0. The van der Waals surface area contributed by atoms with Gasteiger partial charge in [0, 0.05) is 5.69 Å². The van der Waals surface area contributed by atoms with Crippen LogP contribution in [0.5, 0.6) is 0 Å². The third-order valence-electron chi connectivity index (χ3n) is 3.58. The molecule has 3 aromatic rings. The number of amides is 1. The summed E-state index contributed by atoms with van der Waals surface area (Å²) in [6.07, 6.45) is 0. The fourth-order valence-corrected chi connectivity index (χ4v) is 2.41. The number of rotatable bonds is 3. The summed E-state index contributed by atoms with van der Waals surface area (Å²) in [5.74, 6) is -0.316. The highest BCUT2D eigenvalue weighted by Crippen LogP contribution is 2.15. The molecule has 0 spiro atoms. The van der Waals surface area contributed by atoms with Gasteiger partial charge in [0.25, 0.3) is 5.56 Å². The second-order valence-electron chi connectivity index (χ2n) is 5.44. The maximum absolute atomic E-state index is 12.3. The molecule has 0 aliphatic carbocycles. The highest BCUT2D eigenvalue weighted by atomic mass is 16.2. The second-order valence-corrected chi connectivity index (χ2v) is 5.44. The number of carbonyl (C=O) groups excluding carboxylic acids is 1. The molecule has 0 fully saturated rings. The van der Waals surface area contributed by atoms with Gasteiger partial charge < -0.3 is 5.32 Å². The minimum Gasteiger partial charge on any atom is -0.324 e. The first kappa shape index (κ1) is 14.9. The number of aromatic nitrogens is 3. The zero-order valence-corrected chi connectivity index (χ0v) is 12.9. The Hall–Kier alpha value is -3.02. The van der Waals surface area contributed by atoms with Gasteiger partial charge in [-0.3, -0.25) is 9.59 Å². The van der Waals surface area contributed by atoms with E-state index in [0.29, 0.717) is 10.9 Å². The second kappa shape index (κ2) is 6.00. The van der Waals surface area contributed by atoms with Crippen LogP contribution in [0.1, 0.15) is 11.1 Å². The van der Waals surface area contributed by atoms with Gasteiger partial charge in [-0.1, -0.05) is 35.0 Å². The van der Waals surface area contributed by atoms with Crippen LogP contribution in [0.3, 0.4) is 0 Å². The lowest BCUT2D eigenvalue weighted by atomic mass is 10.1. The molecule has 0 radical (unpaired) electrons. The molecule has 6 heteroatoms. The quantitative estimate of drug-likeness (QED) is 0.803. The first-order valence-corrected chi connectivity index (χ1v) is 7.24. The Balaban J connectivity index is 1.83. The number of fused-ring (bicyclic) bond motifs is 1. The molecule has 0 saturated heterocycles. The number of hydrogen-bond donors (Lipinski definition) is 1. The van der Waals surface area contributed by atoms with Crippen LogP contribution >= 0.6 is 0 Å². The molecular formula is C17H16N4O2. The topological polar surface area (TPSA) is 76.9 Å². The predicted molar refractivity (Wildman–Crippen MR) is 88.3 cm³/mol. The van der Waals surface area contributed by atoms with Crippen molar-refractivity contribution in [1.29, 1.82) is 0 Å². The molecule has 0 bridgehead atoms. The van der Waals surface area contributed by atoms with E-state index in [4.69, 9.17) is 0 Å². The van der Waals surface area contributed by atoms with Crippen molar-refractivity contribution >= 4 is 22.5 Å². The zero-order valence-electron chi connectivity index (χ0n) is 12.9. The lowest BCUT2D eigenvalue weighted by molar-refractivity contribution is -0.117. The summed E-state index contributed by atoms with van der Waals surface area (Å²) in [5, 5.41) is 11.0. The van der Waals surface area contributed by atoms with Crippen LogP contribution in [0.4, 0.5) is 5.69 Å². The zero-order chi connectivity index (χ0) is 16.4. The molecule has 0 unspecified atom stereocenters. The Labute approximate surface area is 132 Å². The van der Waals surface area contributed by atoms with E-state index < -0.39 is 0 Å². The molecule has 2 aromatic carbocycles. The van der Waals surface area contributed by atoms with E-state index in [9.17, 15) is 9.59 Å². The summed E-state index contributed by atoms with van der Waals surface area (Å²) in [6.45, 7) is 3.73. The van der Waals surface area contributed by atoms with Crippen molar-refractivity contribution in [2.45, 2.75) is 20.4 Å². The van der Waals surface area contributed by atoms with Crippen molar-refractivity contribution in [2.24, 2.45) is 0 Å². The Morgan fingerprint density at radius 1 is 1.17 bits per heavy atom. The maximum Gasteiger partial charge on any atom is 0.278 e. The van der Waals surface area contributed by atoms with Gasteiger partial charge >= 0.3 is 0 Å². The molecule has 3 rings (SSSR count). The highest BCUT2D eigenvalue weighted by molar-refractivity contribution is 5.91. The Bertz CT molecular complexity index is 947. The molecule has 1 heterocycles. The minimum atomic E-state index is -0.327. The average molecular weight is 308 g/mol. The maximum atomic E-state index is 12.3. The Kier molecular flexibility index (Phi) is 3.89. The van der Waals surface area contributed by atoms with Gasteiger partial charge in [0.05, 0.1) is 5.39 Å². The summed E-state index contributed by atoms with van der Waals surface area (Å²) in [6, 6.07) is 12.7. The summed E-state index contributed by atoms with van der Waals surface area (Å²) < 4.78 is 1.07. The van der Waals surface area contributed by atoms with E-state index in [1.165, 1.54) is 0 Å². The van der Waals surface area contributed by atoms with Gasteiger partial charge in [0.2, 0.25) is 5.91 Å². The Morgan fingerprint density at radius 2 is 1.96 bits per heavy atom. The number of nitrogens with zero attached hydrogens (tertiary/aromatic N) is 3. The normalized spacial score (nSPS) is 10.7. The molecule has 0 atom stereocenters. The van der Waals surface area contributed by atoms with Crippen LogP contribution in [0, 0.1) is 13.8 Å². The standard InChI is InChI=1S/C17H16N4O2/c1-11-7-8-14(12(2)9-11)18-16(22)10-21-17(23)13-5-3-4-6-15(13)19-20-21/h3-9H,10H2,1-2H3,(H,18,22). The number of anilines is 1. The fourth-order valence-electron chi connectivity index (χ4n) is 2.41. The fraction of sp³-hybridized carbons (Fsp3) is 0.176. The summed E-state index contributed by atoms with van der Waals surface area (Å²) >= 11 is 0. The van der Waals surface area contributed by atoms with Crippen LogP contribution in [-0.4, -0.2) is 20.9 Å². The van der Waals surface area contributed by atoms with Crippen LogP contribution in [0.15, 0.2) is 47.3 Å². The SMILES string of the molecule is Cc1ccc(NC(=O)Cn2nnc3ccccc3c2=O)c(C)c1. The first-order valence-electron chi connectivity index (χ1n) is 7.24. The number of benzene rings is 2. The number of carbonyl (C=O) groups is 1. The summed E-state index contributed by atoms with van der Waals surface area (Å²) in [4.78, 5) is 24.5. The predicted octanol–water partition coefficient (Wildman–Crippen LogP) is 2.05. The van der Waals surface area contributed by atoms with Crippen molar-refractivity contribution in [3.05, 3.63) is 63.9 Å². The highest BCUT2D eigenvalue weighted by Gasteiger charge is 2.10. The number of hydrogen-bond acceptors (Lipinski definition) is 4. The molecule has 1 aromatic heterocycles. The van der Waals surface area contributed by atoms with E-state index in [-0.39, 0.29) is 18.0 Å². The molecule has 0 aliphatic rings. The van der Waals surface area contributed by atoms with E-state index in [0.717, 1.165) is 21.5 Å². The smallest absolute Gasteiger partial charge is 0.278 e. The van der Waals surface area contributed by atoms with Gasteiger partial charge in [-0.25, -0.2) is 4.68 Å². The van der Waals surface area contributed by atoms with Crippen molar-refractivity contribution in [3.8, 4) is 0 Å². The summed E-state index contributed by atoms with van der Waals surface area (Å²) in [5.41, 5.74) is 3.00. The molecule has 1 amide bonds. The minimum absolute atomic E-state index is 0.177. The van der Waals surface area contributed by atoms with Gasteiger partial charge in [0.15, 0.2) is 0 Å². The molecule has 0 saturated carbocycles. The molecule has 0 aliphatic heterocycles. The third kappa shape index (κ3) is 3.11. The Morgan fingerprint density at radius 3 is 2.74 bits per heavy atom. The third-order valence-corrected chi connectivity index (χ3v) is 3.58. The molecule has 23 heavy (non-hydrogen) atoms. The number of nitrogens with one attached hydrogen (secondary N) is 1. The van der Waals surface area contributed by atoms with E-state index in [1.807, 2.05) is 32.0 Å².